The Balaban J connectivity index is 0.000000216. The SMILES string of the molecule is CCn1c(=O)cc(C2=CCN(C(=O)OC(C)(C)C)CC2)c2cc(C(=O)N(C)c3ccc(C)cc3)ccc21.CCn1c(=O)cc(C2CCN(C(=O)OC(C)(C)C)CC2)c2cc(C(=O)N(C)c3ccc(C)cc3)ccc21. The van der Waals surface area contributed by atoms with E-state index < -0.39 is 11.2 Å². The number of ether oxygens (including phenoxy) is 2. The maximum Gasteiger partial charge on any atom is 0.410 e. The lowest BCUT2D eigenvalue weighted by Crippen LogP contribution is -2.41. The molecule has 2 aliphatic rings. The van der Waals surface area contributed by atoms with Crippen LogP contribution in [0.3, 0.4) is 0 Å². The fraction of sp³-hybridized carbons (Fsp3) is 0.400. The molecule has 390 valence electrons. The van der Waals surface area contributed by atoms with E-state index in [2.05, 4.69) is 0 Å². The highest BCUT2D eigenvalue weighted by Crippen LogP contribution is 2.35. The zero-order valence-electron chi connectivity index (χ0n) is 45.2. The summed E-state index contributed by atoms with van der Waals surface area (Å²) in [7, 11) is 3.54. The van der Waals surface area contributed by atoms with Crippen molar-refractivity contribution < 1.29 is 28.7 Å². The van der Waals surface area contributed by atoms with E-state index in [9.17, 15) is 28.8 Å². The summed E-state index contributed by atoms with van der Waals surface area (Å²) in [5.74, 6) is -0.119. The first-order valence-corrected chi connectivity index (χ1v) is 25.7. The summed E-state index contributed by atoms with van der Waals surface area (Å²) in [6.45, 7) is 22.1. The van der Waals surface area contributed by atoms with Crippen LogP contribution in [-0.4, -0.2) is 94.4 Å². The van der Waals surface area contributed by atoms with Gasteiger partial charge in [0.05, 0.1) is 11.0 Å². The smallest absolute Gasteiger partial charge is 0.410 e. The van der Waals surface area contributed by atoms with E-state index in [1.165, 1.54) is 0 Å². The molecule has 2 aliphatic heterocycles. The molecule has 0 spiro atoms. The molecule has 8 rings (SSSR count). The van der Waals surface area contributed by atoms with E-state index in [0.29, 0.717) is 56.8 Å². The second-order valence-corrected chi connectivity index (χ2v) is 21.3. The molecule has 0 saturated carbocycles. The largest absolute Gasteiger partial charge is 0.444 e. The van der Waals surface area contributed by atoms with E-state index in [1.807, 2.05) is 148 Å². The molecule has 0 N–H and O–H groups in total. The molecule has 14 nitrogen and oxygen atoms in total. The van der Waals surface area contributed by atoms with Gasteiger partial charge in [0.15, 0.2) is 0 Å². The number of piperidine rings is 1. The number of amides is 4. The minimum Gasteiger partial charge on any atom is -0.444 e. The Kier molecular flexibility index (Phi) is 16.4. The minimum absolute atomic E-state index is 0.0459. The van der Waals surface area contributed by atoms with Crippen LogP contribution in [0.4, 0.5) is 21.0 Å². The molecule has 0 radical (unpaired) electrons. The van der Waals surface area contributed by atoms with Gasteiger partial charge in [0, 0.05) is 98.8 Å². The van der Waals surface area contributed by atoms with Gasteiger partial charge in [0.25, 0.3) is 22.9 Å². The highest BCUT2D eigenvalue weighted by atomic mass is 16.6. The summed E-state index contributed by atoms with van der Waals surface area (Å²) in [6.07, 6.45) is 3.37. The molecule has 1 fully saturated rings. The third kappa shape index (κ3) is 12.5. The number of benzene rings is 4. The molecule has 4 heterocycles. The number of hydrogen-bond acceptors (Lipinski definition) is 8. The monoisotopic (exact) mass is 1000 g/mol. The topological polar surface area (TPSA) is 144 Å². The Bertz CT molecular complexity index is 3220. The molecule has 14 heteroatoms. The van der Waals surface area contributed by atoms with Crippen LogP contribution in [0.25, 0.3) is 27.4 Å². The number of likely N-dealkylation sites (tertiary alicyclic amines) is 1. The Labute approximate surface area is 434 Å². The lowest BCUT2D eigenvalue weighted by Gasteiger charge is -2.34. The Morgan fingerprint density at radius 1 is 0.581 bits per heavy atom. The molecule has 0 atom stereocenters. The molecule has 4 aromatic carbocycles. The number of carbonyl (C=O) groups is 4. The van der Waals surface area contributed by atoms with E-state index in [-0.39, 0.29) is 41.0 Å². The summed E-state index contributed by atoms with van der Waals surface area (Å²) in [4.78, 5) is 84.5. The lowest BCUT2D eigenvalue weighted by atomic mass is 9.87. The lowest BCUT2D eigenvalue weighted by molar-refractivity contribution is 0.0203. The average Bonchev–Trinajstić information content (AvgIpc) is 3.37. The fourth-order valence-electron chi connectivity index (χ4n) is 9.58. The van der Waals surface area contributed by atoms with Crippen LogP contribution < -0.4 is 20.9 Å². The first kappa shape index (κ1) is 54.3. The molecule has 4 amide bonds. The maximum atomic E-state index is 13.4. The number of aromatic nitrogens is 2. The predicted molar refractivity (Wildman–Crippen MR) is 296 cm³/mol. The third-order valence-corrected chi connectivity index (χ3v) is 13.6. The molecular formula is C60H72N6O8. The van der Waals surface area contributed by atoms with Crippen LogP contribution in [0.1, 0.15) is 124 Å². The van der Waals surface area contributed by atoms with Gasteiger partial charge in [-0.25, -0.2) is 9.59 Å². The number of aryl methyl sites for hydroxylation is 4. The van der Waals surface area contributed by atoms with Crippen molar-refractivity contribution in [2.24, 2.45) is 0 Å². The van der Waals surface area contributed by atoms with Crippen molar-refractivity contribution >= 4 is 62.8 Å². The zero-order chi connectivity index (χ0) is 53.8. The van der Waals surface area contributed by atoms with Gasteiger partial charge in [-0.15, -0.1) is 0 Å². The van der Waals surface area contributed by atoms with Gasteiger partial charge in [-0.05, 0) is 172 Å². The first-order valence-electron chi connectivity index (χ1n) is 25.7. The molecule has 6 aromatic rings. The van der Waals surface area contributed by atoms with Crippen molar-refractivity contribution in [1.29, 1.82) is 0 Å². The molecule has 1 saturated heterocycles. The first-order chi connectivity index (χ1) is 35.0. The summed E-state index contributed by atoms with van der Waals surface area (Å²) >= 11 is 0. The van der Waals surface area contributed by atoms with Gasteiger partial charge in [0.1, 0.15) is 11.2 Å². The number of hydrogen-bond donors (Lipinski definition) is 0. The van der Waals surface area contributed by atoms with Crippen LogP contribution in [0.5, 0.6) is 0 Å². The summed E-state index contributed by atoms with van der Waals surface area (Å²) < 4.78 is 14.5. The zero-order valence-corrected chi connectivity index (χ0v) is 45.2. The quantitative estimate of drug-likeness (QED) is 0.147. The van der Waals surface area contributed by atoms with Gasteiger partial charge in [-0.3, -0.25) is 19.2 Å². The van der Waals surface area contributed by atoms with Crippen LogP contribution in [0.2, 0.25) is 0 Å². The molecule has 0 unspecified atom stereocenters. The molecule has 0 aliphatic carbocycles. The minimum atomic E-state index is -0.559. The van der Waals surface area contributed by atoms with E-state index in [4.69, 9.17) is 9.47 Å². The molecule has 0 bridgehead atoms. The van der Waals surface area contributed by atoms with Crippen LogP contribution in [-0.2, 0) is 22.6 Å². The average molecular weight is 1010 g/mol. The molecular weight excluding hydrogens is 933 g/mol. The van der Waals surface area contributed by atoms with Crippen LogP contribution >= 0.6 is 0 Å². The van der Waals surface area contributed by atoms with Gasteiger partial charge in [-0.1, -0.05) is 41.5 Å². The number of rotatable bonds is 8. The standard InChI is InChI=1S/C30H37N3O4.C30H35N3O4/c2*1-7-33-26-13-10-22(28(35)31(6)23-11-8-20(2)9-12-23)18-25(26)24(19-27(33)34)21-14-16-32(17-15-21)29(36)37-30(3,4)5/h8-13,18-19,21H,7,14-17H2,1-6H3;8-14,18-19H,7,15-17H2,1-6H3. The van der Waals surface area contributed by atoms with E-state index in [1.54, 1.807) is 67.1 Å². The van der Waals surface area contributed by atoms with Crippen molar-refractivity contribution in [2.45, 2.75) is 119 Å². The fourth-order valence-corrected chi connectivity index (χ4v) is 9.58. The summed E-state index contributed by atoms with van der Waals surface area (Å²) in [6, 6.07) is 30.2. The molecule has 2 aromatic heterocycles. The van der Waals surface area contributed by atoms with Gasteiger partial charge in [-0.2, -0.15) is 0 Å². The van der Waals surface area contributed by atoms with Crippen molar-refractivity contribution in [2.75, 3.05) is 50.1 Å². The maximum absolute atomic E-state index is 13.4. The number of nitrogens with zero attached hydrogens (tertiary/aromatic N) is 6. The number of carbonyl (C=O) groups excluding carboxylic acids is 4. The van der Waals surface area contributed by atoms with Crippen LogP contribution in [0, 0.1) is 13.8 Å². The third-order valence-electron chi connectivity index (χ3n) is 13.6. The highest BCUT2D eigenvalue weighted by Gasteiger charge is 2.30. The predicted octanol–water partition coefficient (Wildman–Crippen LogP) is 11.4. The Morgan fingerprint density at radius 2 is 1.03 bits per heavy atom. The van der Waals surface area contributed by atoms with Crippen molar-refractivity contribution in [3.05, 3.63) is 157 Å². The summed E-state index contributed by atoms with van der Waals surface area (Å²) in [5.41, 5.74) is 8.14. The second-order valence-electron chi connectivity index (χ2n) is 21.3. The van der Waals surface area contributed by atoms with Crippen molar-refractivity contribution in [1.82, 2.24) is 18.9 Å². The van der Waals surface area contributed by atoms with Crippen molar-refractivity contribution in [3.8, 4) is 0 Å². The van der Waals surface area contributed by atoms with Crippen molar-refractivity contribution in [3.63, 3.8) is 0 Å². The van der Waals surface area contributed by atoms with Gasteiger partial charge >= 0.3 is 12.2 Å². The van der Waals surface area contributed by atoms with Crippen LogP contribution in [0.15, 0.2) is 113 Å². The molecule has 74 heavy (non-hydrogen) atoms. The van der Waals surface area contributed by atoms with E-state index in [0.717, 1.165) is 73.8 Å². The Morgan fingerprint density at radius 3 is 1.47 bits per heavy atom. The normalized spacial score (nSPS) is 14.2. The van der Waals surface area contributed by atoms with E-state index >= 15 is 0 Å². The number of pyridine rings is 2. The highest BCUT2D eigenvalue weighted by molar-refractivity contribution is 6.09. The second kappa shape index (κ2) is 22.3. The van der Waals surface area contributed by atoms with Gasteiger partial charge < -0.3 is 38.2 Å². The van der Waals surface area contributed by atoms with Gasteiger partial charge in [0.2, 0.25) is 0 Å². The number of anilines is 2. The number of fused-ring (bicyclic) bond motifs is 2. The Hall–Kier alpha value is -7.48. The summed E-state index contributed by atoms with van der Waals surface area (Å²) in [5, 5.41) is 1.77.